The Bertz CT molecular complexity index is 1480. The summed E-state index contributed by atoms with van der Waals surface area (Å²) < 4.78 is 24.2. The van der Waals surface area contributed by atoms with Gasteiger partial charge in [0, 0.05) is 60.8 Å². The SMILES string of the molecule is CN1CCN(c2n[nH]c3cc(Nc4ncc(C#N)c(Nc5ccccc5CNS(=O)[O-])n4)ccc23)CC1. The highest BCUT2D eigenvalue weighted by Gasteiger charge is 2.19. The van der Waals surface area contributed by atoms with Gasteiger partial charge in [-0.2, -0.15) is 15.3 Å². The maximum absolute atomic E-state index is 10.9. The van der Waals surface area contributed by atoms with E-state index in [1.807, 2.05) is 24.3 Å². The van der Waals surface area contributed by atoms with Gasteiger partial charge in [-0.15, -0.1) is 0 Å². The third kappa shape index (κ3) is 5.68. The van der Waals surface area contributed by atoms with Crippen molar-refractivity contribution < 1.29 is 8.76 Å². The Balaban J connectivity index is 1.36. The summed E-state index contributed by atoms with van der Waals surface area (Å²) in [6.07, 6.45) is 1.44. The zero-order chi connectivity index (χ0) is 25.8. The number of piperazine rings is 1. The Morgan fingerprint density at radius 1 is 1.16 bits per heavy atom. The highest BCUT2D eigenvalue weighted by Crippen LogP contribution is 2.29. The number of benzene rings is 2. The van der Waals surface area contributed by atoms with Gasteiger partial charge in [0.05, 0.1) is 11.7 Å². The van der Waals surface area contributed by atoms with E-state index in [-0.39, 0.29) is 12.1 Å². The van der Waals surface area contributed by atoms with Crippen LogP contribution in [0.2, 0.25) is 0 Å². The number of rotatable bonds is 8. The van der Waals surface area contributed by atoms with E-state index >= 15 is 0 Å². The number of anilines is 5. The summed E-state index contributed by atoms with van der Waals surface area (Å²) >= 11 is -2.39. The molecule has 12 nitrogen and oxygen atoms in total. The number of hydrogen-bond acceptors (Lipinski definition) is 10. The molecular formula is C24H25N10O2S-. The number of H-pyrrole nitrogens is 1. The predicted octanol–water partition coefficient (Wildman–Crippen LogP) is 2.35. The molecule has 1 aliphatic heterocycles. The normalized spacial score (nSPS) is 14.9. The third-order valence-corrected chi connectivity index (χ3v) is 6.54. The lowest BCUT2D eigenvalue weighted by Gasteiger charge is -2.32. The molecule has 1 saturated heterocycles. The summed E-state index contributed by atoms with van der Waals surface area (Å²) in [6.45, 7) is 3.95. The standard InChI is InChI=1S/C24H26N10O2S/c1-33-8-10-34(11-9-33)23-19-7-6-18(12-21(19)31-32-23)28-24-26-14-17(13-25)22(30-24)29-20-5-3-2-4-16(20)15-27-37(35)36/h2-7,12,14,27H,8-11,15H2,1H3,(H,31,32)(H,35,36)(H2,26,28,29,30)/p-1. The molecule has 0 aliphatic carbocycles. The number of aromatic nitrogens is 4. The Kier molecular flexibility index (Phi) is 7.24. The fourth-order valence-corrected chi connectivity index (χ4v) is 4.42. The first-order valence-corrected chi connectivity index (χ1v) is 12.7. The number of nitriles is 1. The molecule has 190 valence electrons. The van der Waals surface area contributed by atoms with Gasteiger partial charge in [-0.05, 0) is 36.9 Å². The fraction of sp³-hybridized carbons (Fsp3) is 0.250. The zero-order valence-electron chi connectivity index (χ0n) is 20.1. The minimum atomic E-state index is -2.39. The lowest BCUT2D eigenvalue weighted by Crippen LogP contribution is -2.44. The first kappa shape index (κ1) is 24.6. The van der Waals surface area contributed by atoms with E-state index in [1.54, 1.807) is 18.2 Å². The highest BCUT2D eigenvalue weighted by atomic mass is 32.2. The van der Waals surface area contributed by atoms with E-state index in [1.165, 1.54) is 6.20 Å². The summed E-state index contributed by atoms with van der Waals surface area (Å²) in [4.78, 5) is 13.4. The summed E-state index contributed by atoms with van der Waals surface area (Å²) in [7, 11) is 2.12. The van der Waals surface area contributed by atoms with Crippen LogP contribution in [0.5, 0.6) is 0 Å². The van der Waals surface area contributed by atoms with Crippen LogP contribution in [-0.4, -0.2) is 67.1 Å². The topological polar surface area (TPSA) is 161 Å². The molecule has 0 bridgehead atoms. The molecule has 13 heteroatoms. The highest BCUT2D eigenvalue weighted by molar-refractivity contribution is 7.77. The second kappa shape index (κ2) is 10.9. The smallest absolute Gasteiger partial charge is 0.229 e. The Hall–Kier alpha value is -4.09. The van der Waals surface area contributed by atoms with Crippen LogP contribution in [-0.2, 0) is 17.8 Å². The van der Waals surface area contributed by atoms with E-state index < -0.39 is 11.3 Å². The van der Waals surface area contributed by atoms with Crippen molar-refractivity contribution in [3.63, 3.8) is 0 Å². The van der Waals surface area contributed by atoms with Crippen molar-refractivity contribution in [2.75, 3.05) is 48.8 Å². The van der Waals surface area contributed by atoms with E-state index in [0.29, 0.717) is 23.0 Å². The fourth-order valence-electron chi connectivity index (χ4n) is 4.15. The van der Waals surface area contributed by atoms with Crippen molar-refractivity contribution in [1.29, 1.82) is 5.26 Å². The minimum absolute atomic E-state index is 0.0949. The lowest BCUT2D eigenvalue weighted by molar-refractivity contribution is 0.312. The molecule has 4 aromatic rings. The Labute approximate surface area is 216 Å². The maximum atomic E-state index is 10.9. The number of fused-ring (bicyclic) bond motifs is 1. The van der Waals surface area contributed by atoms with Crippen LogP contribution in [0, 0.1) is 11.3 Å². The van der Waals surface area contributed by atoms with Crippen molar-refractivity contribution in [3.05, 3.63) is 59.8 Å². The van der Waals surface area contributed by atoms with Crippen LogP contribution >= 0.6 is 0 Å². The minimum Gasteiger partial charge on any atom is -0.760 e. The van der Waals surface area contributed by atoms with E-state index in [9.17, 15) is 14.0 Å². The number of nitrogens with zero attached hydrogens (tertiary/aromatic N) is 6. The maximum Gasteiger partial charge on any atom is 0.229 e. The number of nitrogens with one attached hydrogen (secondary N) is 4. The van der Waals surface area contributed by atoms with Gasteiger partial charge in [-0.25, -0.2) is 9.71 Å². The molecule has 37 heavy (non-hydrogen) atoms. The van der Waals surface area contributed by atoms with Gasteiger partial charge >= 0.3 is 0 Å². The van der Waals surface area contributed by atoms with Gasteiger partial charge in [0.15, 0.2) is 11.6 Å². The summed E-state index contributed by atoms with van der Waals surface area (Å²) in [5, 5.41) is 24.6. The molecule has 1 fully saturated rings. The quantitative estimate of drug-likeness (QED) is 0.255. The molecule has 2 aromatic carbocycles. The Morgan fingerprint density at radius 3 is 2.76 bits per heavy atom. The second-order valence-electron chi connectivity index (χ2n) is 8.63. The van der Waals surface area contributed by atoms with Crippen LogP contribution in [0.3, 0.4) is 0 Å². The largest absolute Gasteiger partial charge is 0.760 e. The van der Waals surface area contributed by atoms with Gasteiger partial charge in [-0.3, -0.25) is 9.31 Å². The first-order valence-electron chi connectivity index (χ1n) is 11.6. The molecule has 1 unspecified atom stereocenters. The van der Waals surface area contributed by atoms with E-state index in [2.05, 4.69) is 58.4 Å². The van der Waals surface area contributed by atoms with E-state index in [4.69, 9.17) is 0 Å². The predicted molar refractivity (Wildman–Crippen MR) is 141 cm³/mol. The summed E-state index contributed by atoms with van der Waals surface area (Å²) in [6, 6.07) is 15.2. The molecular weight excluding hydrogens is 492 g/mol. The summed E-state index contributed by atoms with van der Waals surface area (Å²) in [5.41, 5.74) is 3.23. The molecule has 0 amide bonds. The molecule has 0 radical (unpaired) electrons. The van der Waals surface area contributed by atoms with Crippen molar-refractivity contribution >= 4 is 51.1 Å². The van der Waals surface area contributed by atoms with Crippen molar-refractivity contribution in [1.82, 2.24) is 29.8 Å². The monoisotopic (exact) mass is 517 g/mol. The van der Waals surface area contributed by atoms with Crippen LogP contribution < -0.4 is 20.3 Å². The van der Waals surface area contributed by atoms with Crippen molar-refractivity contribution in [2.45, 2.75) is 6.54 Å². The lowest BCUT2D eigenvalue weighted by atomic mass is 10.1. The van der Waals surface area contributed by atoms with Crippen molar-refractivity contribution in [3.8, 4) is 6.07 Å². The summed E-state index contributed by atoms with van der Waals surface area (Å²) in [5.74, 6) is 1.55. The molecule has 2 aromatic heterocycles. The molecule has 0 spiro atoms. The molecule has 1 atom stereocenters. The molecule has 5 rings (SSSR count). The molecule has 3 heterocycles. The van der Waals surface area contributed by atoms with Crippen LogP contribution in [0.4, 0.5) is 29.0 Å². The number of hydrogen-bond donors (Lipinski definition) is 4. The van der Waals surface area contributed by atoms with Crippen LogP contribution in [0.1, 0.15) is 11.1 Å². The van der Waals surface area contributed by atoms with Gasteiger partial charge in [0.1, 0.15) is 11.6 Å². The Morgan fingerprint density at radius 2 is 1.97 bits per heavy atom. The molecule has 1 aliphatic rings. The van der Waals surface area contributed by atoms with Gasteiger partial charge in [0.2, 0.25) is 5.95 Å². The first-order chi connectivity index (χ1) is 18.0. The van der Waals surface area contributed by atoms with Crippen LogP contribution in [0.25, 0.3) is 10.9 Å². The number of aromatic amines is 1. The van der Waals surface area contributed by atoms with Gasteiger partial charge in [0.25, 0.3) is 0 Å². The zero-order valence-corrected chi connectivity index (χ0v) is 20.9. The molecule has 0 saturated carbocycles. The number of para-hydroxylation sites is 1. The average Bonchev–Trinajstić information content (AvgIpc) is 3.32. The van der Waals surface area contributed by atoms with Crippen molar-refractivity contribution in [2.24, 2.45) is 0 Å². The van der Waals surface area contributed by atoms with Gasteiger partial charge < -0.3 is 25.0 Å². The average molecular weight is 518 g/mol. The third-order valence-electron chi connectivity index (χ3n) is 6.16. The van der Waals surface area contributed by atoms with E-state index in [0.717, 1.165) is 48.6 Å². The van der Waals surface area contributed by atoms with Gasteiger partial charge in [-0.1, -0.05) is 18.2 Å². The molecule has 4 N–H and O–H groups in total. The second-order valence-corrected chi connectivity index (χ2v) is 9.39. The van der Waals surface area contributed by atoms with Crippen LogP contribution in [0.15, 0.2) is 48.7 Å². The number of likely N-dealkylation sites (N-methyl/N-ethyl adjacent to an activating group) is 1.